The van der Waals surface area contributed by atoms with E-state index >= 15 is 0 Å². The molecule has 1 aliphatic heterocycles. The highest BCUT2D eigenvalue weighted by Gasteiger charge is 2.44. The number of esters is 1. The number of benzene rings is 1. The van der Waals surface area contributed by atoms with E-state index in [4.69, 9.17) is 9.47 Å². The fraction of sp³-hybridized carbons (Fsp3) is 0.581. The maximum atomic E-state index is 13.6. The van der Waals surface area contributed by atoms with Gasteiger partial charge in [0.05, 0.1) is 0 Å². The van der Waals surface area contributed by atoms with Crippen molar-refractivity contribution in [1.29, 1.82) is 0 Å². The maximum Gasteiger partial charge on any atom is 0.408 e. The summed E-state index contributed by atoms with van der Waals surface area (Å²) in [6.45, 7) is 8.11. The third-order valence-electron chi connectivity index (χ3n) is 8.60. The molecule has 1 aromatic carbocycles. The molecule has 1 saturated carbocycles. The topological polar surface area (TPSA) is 93.1 Å². The molecule has 2 heterocycles. The van der Waals surface area contributed by atoms with Gasteiger partial charge in [0.15, 0.2) is 12.5 Å². The summed E-state index contributed by atoms with van der Waals surface area (Å²) in [5.74, 6) is -0.324. The Balaban J connectivity index is 1.20. The third-order valence-corrected chi connectivity index (χ3v) is 8.60. The molecule has 9 nitrogen and oxygen atoms in total. The number of Topliss-reactive ketones (excluding diaryl/α,β-unsaturated/α-hetero) is 1. The Hall–Kier alpha value is -3.49. The van der Waals surface area contributed by atoms with Gasteiger partial charge in [-0.15, -0.1) is 0 Å². The van der Waals surface area contributed by atoms with Crippen molar-refractivity contribution in [3.63, 3.8) is 0 Å². The van der Waals surface area contributed by atoms with E-state index in [-0.39, 0.29) is 24.6 Å². The van der Waals surface area contributed by atoms with Gasteiger partial charge in [-0.3, -0.25) is 4.79 Å². The summed E-state index contributed by atoms with van der Waals surface area (Å²) >= 11 is 0. The van der Waals surface area contributed by atoms with Crippen LogP contribution < -0.4 is 5.32 Å². The predicted molar refractivity (Wildman–Crippen MR) is 152 cm³/mol. The number of hydrogen-bond acceptors (Lipinski definition) is 7. The normalized spacial score (nSPS) is 22.4. The van der Waals surface area contributed by atoms with Gasteiger partial charge in [-0.2, -0.15) is 0 Å². The maximum absolute atomic E-state index is 13.6. The molecule has 1 fully saturated rings. The number of fused-ring (bicyclic) bond motifs is 3. The lowest BCUT2D eigenvalue weighted by molar-refractivity contribution is -0.158. The molecule has 0 spiro atoms. The van der Waals surface area contributed by atoms with Gasteiger partial charge in [0.1, 0.15) is 17.3 Å². The fourth-order valence-electron chi connectivity index (χ4n) is 6.37. The molecule has 5 rings (SSSR count). The minimum atomic E-state index is -1.07. The van der Waals surface area contributed by atoms with Crippen LogP contribution in [0, 0.1) is 5.92 Å². The van der Waals surface area contributed by atoms with Gasteiger partial charge in [0.2, 0.25) is 0 Å². The molecule has 9 heteroatoms. The van der Waals surface area contributed by atoms with Crippen LogP contribution in [0.5, 0.6) is 0 Å². The minimum absolute atomic E-state index is 0.0663. The van der Waals surface area contributed by atoms with Crippen LogP contribution in [0.1, 0.15) is 82.3 Å². The van der Waals surface area contributed by atoms with E-state index in [1.807, 2.05) is 49.5 Å². The lowest BCUT2D eigenvalue weighted by Gasteiger charge is -2.37. The van der Waals surface area contributed by atoms with Crippen LogP contribution in [0.4, 0.5) is 4.79 Å². The van der Waals surface area contributed by atoms with Crippen molar-refractivity contribution in [2.75, 3.05) is 13.3 Å². The lowest BCUT2D eigenvalue weighted by atomic mass is 9.82. The number of para-hydroxylation sites is 1. The first-order valence-corrected chi connectivity index (χ1v) is 14.5. The Bertz CT molecular complexity index is 1320. The van der Waals surface area contributed by atoms with Crippen molar-refractivity contribution < 1.29 is 23.9 Å². The summed E-state index contributed by atoms with van der Waals surface area (Å²) in [4.78, 5) is 43.6. The fourth-order valence-corrected chi connectivity index (χ4v) is 6.37. The van der Waals surface area contributed by atoms with Crippen molar-refractivity contribution in [3.8, 4) is 0 Å². The molecule has 1 amide bonds. The van der Waals surface area contributed by atoms with Gasteiger partial charge < -0.3 is 29.2 Å². The molecule has 1 aromatic heterocycles. The molecular weight excluding hydrogens is 508 g/mol. The number of alkyl carbamates (subject to hydrolysis) is 1. The number of nitrogens with zero attached hydrogens (tertiary/aromatic N) is 3. The molecule has 2 atom stereocenters. The van der Waals surface area contributed by atoms with E-state index in [1.54, 1.807) is 20.8 Å². The molecule has 3 aliphatic rings. The lowest BCUT2D eigenvalue weighted by Crippen LogP contribution is -2.57. The second-order valence-electron chi connectivity index (χ2n) is 12.5. The van der Waals surface area contributed by atoms with Gasteiger partial charge in [0.25, 0.3) is 0 Å². The van der Waals surface area contributed by atoms with Crippen molar-refractivity contribution in [2.45, 2.75) is 89.9 Å². The molecule has 40 heavy (non-hydrogen) atoms. The van der Waals surface area contributed by atoms with Crippen LogP contribution in [0.3, 0.4) is 0 Å². The first-order chi connectivity index (χ1) is 19.0. The van der Waals surface area contributed by atoms with Crippen LogP contribution in [0.2, 0.25) is 0 Å². The summed E-state index contributed by atoms with van der Waals surface area (Å²) in [5, 5.41) is 3.88. The number of ether oxygens (including phenoxy) is 2. The first kappa shape index (κ1) is 28.1. The van der Waals surface area contributed by atoms with Crippen molar-refractivity contribution in [1.82, 2.24) is 19.7 Å². The number of ketones is 1. The third kappa shape index (κ3) is 5.43. The molecule has 1 N–H and O–H groups in total. The number of aryl methyl sites for hydroxylation is 1. The van der Waals surface area contributed by atoms with Crippen molar-refractivity contribution >= 4 is 28.7 Å². The van der Waals surface area contributed by atoms with Crippen LogP contribution in [0.15, 0.2) is 36.7 Å². The molecule has 2 aromatic rings. The second kappa shape index (κ2) is 10.8. The van der Waals surface area contributed by atoms with E-state index in [2.05, 4.69) is 20.9 Å². The van der Waals surface area contributed by atoms with E-state index in [0.29, 0.717) is 19.4 Å². The number of carbonyl (C=O) groups is 3. The molecule has 216 valence electrons. The highest BCUT2D eigenvalue weighted by Crippen LogP contribution is 2.35. The monoisotopic (exact) mass is 550 g/mol. The summed E-state index contributed by atoms with van der Waals surface area (Å²) in [6.07, 6.45) is 8.64. The van der Waals surface area contributed by atoms with Crippen LogP contribution in [-0.4, -0.2) is 62.8 Å². The van der Waals surface area contributed by atoms with E-state index in [9.17, 15) is 14.4 Å². The van der Waals surface area contributed by atoms with Crippen molar-refractivity contribution in [3.05, 3.63) is 47.9 Å². The van der Waals surface area contributed by atoms with Gasteiger partial charge in [0, 0.05) is 54.1 Å². The Morgan fingerprint density at radius 2 is 1.77 bits per heavy atom. The predicted octanol–water partition coefficient (Wildman–Crippen LogP) is 5.09. The quantitative estimate of drug-likeness (QED) is 0.501. The number of carbonyl (C=O) groups excluding carboxylic acids is 3. The largest absolute Gasteiger partial charge is 0.444 e. The Kier molecular flexibility index (Phi) is 7.59. The molecule has 0 saturated heterocycles. The Labute approximate surface area is 236 Å². The molecular formula is C31H42N4O5. The second-order valence-corrected chi connectivity index (χ2v) is 12.5. The molecule has 2 aliphatic carbocycles. The Morgan fingerprint density at radius 3 is 2.50 bits per heavy atom. The highest BCUT2D eigenvalue weighted by atomic mass is 16.6. The van der Waals surface area contributed by atoms with Gasteiger partial charge in [-0.05, 0) is 59.4 Å². The van der Waals surface area contributed by atoms with Gasteiger partial charge >= 0.3 is 12.1 Å². The number of rotatable bonds is 6. The highest BCUT2D eigenvalue weighted by molar-refractivity contribution is 6.11. The minimum Gasteiger partial charge on any atom is -0.444 e. The molecule has 0 radical (unpaired) electrons. The van der Waals surface area contributed by atoms with Crippen LogP contribution in [-0.2, 0) is 27.7 Å². The summed E-state index contributed by atoms with van der Waals surface area (Å²) < 4.78 is 13.4. The van der Waals surface area contributed by atoms with E-state index in [1.165, 1.54) is 0 Å². The van der Waals surface area contributed by atoms with Gasteiger partial charge in [-0.25, -0.2) is 9.59 Å². The molecule has 0 bridgehead atoms. The zero-order chi connectivity index (χ0) is 28.7. The van der Waals surface area contributed by atoms with Crippen LogP contribution >= 0.6 is 0 Å². The zero-order valence-electron chi connectivity index (χ0n) is 24.4. The summed E-state index contributed by atoms with van der Waals surface area (Å²) in [6, 6.07) is 8.11. The number of nitrogens with one attached hydrogen (secondary N) is 1. The number of hydrogen-bond donors (Lipinski definition) is 1. The number of aromatic nitrogens is 1. The Morgan fingerprint density at radius 1 is 1.07 bits per heavy atom. The zero-order valence-corrected chi connectivity index (χ0v) is 24.4. The van der Waals surface area contributed by atoms with Gasteiger partial charge in [-0.1, -0.05) is 37.5 Å². The standard InChI is InChI=1S/C31H42N4O5/c1-21-34(19-22-13-14-25-26(27(22)36)23-11-7-8-12-24(23)33(25)5)17-18-35(21)20-39-28(37)31(15-9-6-10-16-31)32-29(38)40-30(2,3)4/h7-8,11-12,17-18,21-22H,6,9-10,13-16,19-20H2,1-5H3,(H,32,38). The first-order valence-electron chi connectivity index (χ1n) is 14.5. The summed E-state index contributed by atoms with van der Waals surface area (Å²) in [7, 11) is 2.04. The SMILES string of the molecule is CC1N(COC(=O)C2(NC(=O)OC(C)(C)C)CCCCC2)C=CN1CC1CCc2c(c3ccccc3n2C)C1=O. The van der Waals surface area contributed by atoms with Crippen LogP contribution in [0.25, 0.3) is 10.9 Å². The molecule has 2 unspecified atom stereocenters. The average Bonchev–Trinajstić information content (AvgIpc) is 3.40. The number of amides is 1. The summed E-state index contributed by atoms with van der Waals surface area (Å²) in [5.41, 5.74) is 1.36. The van der Waals surface area contributed by atoms with Crippen molar-refractivity contribution in [2.24, 2.45) is 13.0 Å². The average molecular weight is 551 g/mol. The van der Waals surface area contributed by atoms with E-state index in [0.717, 1.165) is 54.3 Å². The smallest absolute Gasteiger partial charge is 0.408 e. The van der Waals surface area contributed by atoms with E-state index < -0.39 is 23.2 Å².